The van der Waals surface area contributed by atoms with Gasteiger partial charge >= 0.3 is 12.4 Å². The molecule has 0 amide bonds. The van der Waals surface area contributed by atoms with Crippen molar-refractivity contribution in [2.75, 3.05) is 0 Å². The molecule has 3 heterocycles. The summed E-state index contributed by atoms with van der Waals surface area (Å²) in [6, 6.07) is 30.4. The Hall–Kier alpha value is -6.08. The monoisotopic (exact) mass is 646 g/mol. The van der Waals surface area contributed by atoms with Crippen LogP contribution in [0.4, 0.5) is 26.3 Å². The van der Waals surface area contributed by atoms with Crippen molar-refractivity contribution in [3.05, 3.63) is 138 Å². The van der Waals surface area contributed by atoms with Crippen LogP contribution in [0.5, 0.6) is 0 Å². The zero-order chi connectivity index (χ0) is 33.4. The average Bonchev–Trinajstić information content (AvgIpc) is 3.59. The topological polar surface area (TPSA) is 46.5 Å². The Labute approximate surface area is 268 Å². The number of alkyl halides is 6. The van der Waals surface area contributed by atoms with Crippen LogP contribution >= 0.6 is 0 Å². The van der Waals surface area contributed by atoms with Gasteiger partial charge in [-0.15, -0.1) is 0 Å². The Balaban J connectivity index is 1.56. The second kappa shape index (κ2) is 10.5. The summed E-state index contributed by atoms with van der Waals surface area (Å²) in [6.07, 6.45) is -6.06. The van der Waals surface area contributed by atoms with E-state index >= 15 is 0 Å². The Bertz CT molecular complexity index is 2450. The molecule has 0 radical (unpaired) electrons. The van der Waals surface area contributed by atoms with Crippen molar-refractivity contribution in [3.8, 4) is 28.6 Å². The molecule has 0 N–H and O–H groups in total. The quantitative estimate of drug-likeness (QED) is 0.179. The van der Waals surface area contributed by atoms with Gasteiger partial charge < -0.3 is 9.13 Å². The van der Waals surface area contributed by atoms with Crippen molar-refractivity contribution < 1.29 is 26.3 Å². The molecule has 0 spiro atoms. The van der Waals surface area contributed by atoms with Crippen LogP contribution in [0, 0.1) is 11.3 Å². The van der Waals surface area contributed by atoms with Gasteiger partial charge in [-0.25, -0.2) is 0 Å². The molecule has 0 aliphatic rings. The van der Waals surface area contributed by atoms with Crippen LogP contribution < -0.4 is 0 Å². The zero-order valence-electron chi connectivity index (χ0n) is 24.6. The number of hydrogen-bond acceptors (Lipinski definition) is 2. The van der Waals surface area contributed by atoms with E-state index in [1.165, 1.54) is 12.1 Å². The summed E-state index contributed by atoms with van der Waals surface area (Å²) in [6.45, 7) is 0. The Morgan fingerprint density at radius 2 is 1.00 bits per heavy atom. The van der Waals surface area contributed by atoms with E-state index in [2.05, 4.69) is 11.1 Å². The minimum absolute atomic E-state index is 0.0581. The van der Waals surface area contributed by atoms with E-state index in [0.29, 0.717) is 43.7 Å². The molecule has 4 nitrogen and oxygen atoms in total. The van der Waals surface area contributed by atoms with E-state index in [0.717, 1.165) is 24.3 Å². The summed E-state index contributed by atoms with van der Waals surface area (Å²) < 4.78 is 87.5. The molecule has 0 saturated heterocycles. The minimum atomic E-state index is -4.63. The average molecular weight is 647 g/mol. The molecule has 3 aromatic heterocycles. The predicted molar refractivity (Wildman–Crippen MR) is 173 cm³/mol. The smallest absolute Gasteiger partial charge is 0.308 e. The van der Waals surface area contributed by atoms with Gasteiger partial charge in [-0.05, 0) is 60.2 Å². The molecule has 48 heavy (non-hydrogen) atoms. The van der Waals surface area contributed by atoms with Gasteiger partial charge in [0.25, 0.3) is 0 Å². The first kappa shape index (κ1) is 29.3. The van der Waals surface area contributed by atoms with E-state index in [9.17, 15) is 31.6 Å². The molecule has 0 aliphatic carbocycles. The molecular formula is C38H20F6N4. The van der Waals surface area contributed by atoms with E-state index in [1.54, 1.807) is 94.3 Å². The molecule has 8 rings (SSSR count). The number of benzene rings is 5. The summed E-state index contributed by atoms with van der Waals surface area (Å²) in [5.74, 6) is 0. The van der Waals surface area contributed by atoms with Crippen molar-refractivity contribution in [3.63, 3.8) is 0 Å². The lowest BCUT2D eigenvalue weighted by molar-refractivity contribution is -0.138. The maximum atomic E-state index is 14.0. The van der Waals surface area contributed by atoms with Crippen molar-refractivity contribution in [2.24, 2.45) is 0 Å². The highest BCUT2D eigenvalue weighted by atomic mass is 19.4. The third kappa shape index (κ3) is 4.50. The first-order chi connectivity index (χ1) is 23.0. The van der Waals surface area contributed by atoms with Crippen molar-refractivity contribution in [1.82, 2.24) is 14.1 Å². The Morgan fingerprint density at radius 1 is 0.521 bits per heavy atom. The van der Waals surface area contributed by atoms with E-state index < -0.39 is 23.5 Å². The third-order valence-corrected chi connectivity index (χ3v) is 8.69. The summed E-state index contributed by atoms with van der Waals surface area (Å²) in [5.41, 5.74) is 1.61. The van der Waals surface area contributed by atoms with E-state index in [1.807, 2.05) is 0 Å². The molecule has 0 bridgehead atoms. The molecule has 8 aromatic rings. The fraction of sp³-hybridized carbons (Fsp3) is 0.0526. The van der Waals surface area contributed by atoms with Crippen LogP contribution in [-0.2, 0) is 12.4 Å². The van der Waals surface area contributed by atoms with Gasteiger partial charge in [-0.3, -0.25) is 4.98 Å². The summed E-state index contributed by atoms with van der Waals surface area (Å²) in [4.78, 5) is 4.24. The second-order valence-corrected chi connectivity index (χ2v) is 11.4. The Morgan fingerprint density at radius 3 is 1.44 bits per heavy atom. The van der Waals surface area contributed by atoms with Gasteiger partial charge in [0.1, 0.15) is 11.6 Å². The fourth-order valence-electron chi connectivity index (χ4n) is 6.59. The fourth-order valence-corrected chi connectivity index (χ4v) is 6.59. The second-order valence-electron chi connectivity index (χ2n) is 11.4. The molecule has 234 valence electrons. The maximum Gasteiger partial charge on any atom is 0.416 e. The normalized spacial score (nSPS) is 12.4. The van der Waals surface area contributed by atoms with Crippen LogP contribution in [0.25, 0.3) is 66.1 Å². The number of rotatable bonds is 3. The van der Waals surface area contributed by atoms with E-state index in [4.69, 9.17) is 0 Å². The van der Waals surface area contributed by atoms with Crippen LogP contribution in [0.3, 0.4) is 0 Å². The van der Waals surface area contributed by atoms with Crippen molar-refractivity contribution >= 4 is 43.6 Å². The summed E-state index contributed by atoms with van der Waals surface area (Å²) >= 11 is 0. The van der Waals surface area contributed by atoms with Gasteiger partial charge in [-0.1, -0.05) is 54.6 Å². The van der Waals surface area contributed by atoms with Crippen LogP contribution in [-0.4, -0.2) is 14.1 Å². The molecule has 0 fully saturated rings. The highest BCUT2D eigenvalue weighted by Crippen LogP contribution is 2.42. The lowest BCUT2D eigenvalue weighted by Crippen LogP contribution is -2.08. The van der Waals surface area contributed by atoms with Crippen LogP contribution in [0.15, 0.2) is 122 Å². The maximum absolute atomic E-state index is 14.0. The summed E-state index contributed by atoms with van der Waals surface area (Å²) in [7, 11) is 0. The first-order valence-electron chi connectivity index (χ1n) is 14.7. The standard InChI is InChI=1S/C38H20F6N4/c39-37(40,41)24-11-13-28-26-7-1-3-9-31(26)47(35(28)18-24)33-16-23(22-6-5-15-46-21-22)17-34(30(33)20-45)48-32-10-4-2-8-27(32)29-14-12-25(19-36(29)48)38(42,43)44/h1-19,21H. The molecular weight excluding hydrogens is 626 g/mol. The number of para-hydroxylation sites is 2. The van der Waals surface area contributed by atoms with Crippen LogP contribution in [0.1, 0.15) is 16.7 Å². The number of nitrogens with zero attached hydrogens (tertiary/aromatic N) is 4. The number of aromatic nitrogens is 3. The highest BCUT2D eigenvalue weighted by Gasteiger charge is 2.33. The van der Waals surface area contributed by atoms with Gasteiger partial charge in [0.2, 0.25) is 0 Å². The molecule has 0 unspecified atom stereocenters. The SMILES string of the molecule is N#Cc1c(-n2c3ccccc3c3ccc(C(F)(F)F)cc32)cc(-c2cccnc2)cc1-n1c2ccccc2c2ccc(C(F)(F)F)cc21. The third-order valence-electron chi connectivity index (χ3n) is 8.69. The largest absolute Gasteiger partial charge is 0.416 e. The number of fused-ring (bicyclic) bond motifs is 6. The van der Waals surface area contributed by atoms with Crippen molar-refractivity contribution in [2.45, 2.75) is 12.4 Å². The predicted octanol–water partition coefficient (Wildman–Crippen LogP) is 10.9. The Kier molecular flexibility index (Phi) is 6.40. The number of nitriles is 1. The molecule has 0 atom stereocenters. The molecule has 0 saturated carbocycles. The zero-order valence-corrected chi connectivity index (χ0v) is 24.6. The number of hydrogen-bond donors (Lipinski definition) is 0. The van der Waals surface area contributed by atoms with Gasteiger partial charge in [0, 0.05) is 39.5 Å². The van der Waals surface area contributed by atoms with E-state index in [-0.39, 0.29) is 28.0 Å². The van der Waals surface area contributed by atoms with Gasteiger partial charge in [-0.2, -0.15) is 31.6 Å². The highest BCUT2D eigenvalue weighted by molar-refractivity contribution is 6.11. The van der Waals surface area contributed by atoms with Gasteiger partial charge in [0.15, 0.2) is 0 Å². The number of halogens is 6. The summed E-state index contributed by atoms with van der Waals surface area (Å²) in [5, 5.41) is 13.3. The molecule has 10 heteroatoms. The number of pyridine rings is 1. The van der Waals surface area contributed by atoms with Crippen LogP contribution in [0.2, 0.25) is 0 Å². The lowest BCUT2D eigenvalue weighted by Gasteiger charge is -2.19. The van der Waals surface area contributed by atoms with Gasteiger partial charge in [0.05, 0.1) is 44.6 Å². The molecule has 5 aromatic carbocycles. The molecule has 0 aliphatic heterocycles. The van der Waals surface area contributed by atoms with Crippen molar-refractivity contribution in [1.29, 1.82) is 5.26 Å². The first-order valence-corrected chi connectivity index (χ1v) is 14.7. The lowest BCUT2D eigenvalue weighted by atomic mass is 10.0. The minimum Gasteiger partial charge on any atom is -0.308 e.